The number of aliphatic hydroxyl groups is 1. The molecule has 0 saturated carbocycles. The molecule has 1 aromatic rings. The third kappa shape index (κ3) is 2.96. The number of ether oxygens (including phenoxy) is 1. The fourth-order valence-electron chi connectivity index (χ4n) is 1.93. The van der Waals surface area contributed by atoms with Gasteiger partial charge in [0, 0.05) is 25.2 Å². The number of amides is 2. The van der Waals surface area contributed by atoms with Crippen molar-refractivity contribution in [3.63, 3.8) is 0 Å². The maximum atomic E-state index is 12.0. The highest BCUT2D eigenvalue weighted by Crippen LogP contribution is 2.28. The van der Waals surface area contributed by atoms with Gasteiger partial charge >= 0.3 is 6.03 Å². The van der Waals surface area contributed by atoms with Gasteiger partial charge in [0.25, 0.3) is 0 Å². The lowest BCUT2D eigenvalue weighted by Crippen LogP contribution is -2.58. The lowest BCUT2D eigenvalue weighted by molar-refractivity contribution is -0.0440. The zero-order chi connectivity index (χ0) is 14.0. The quantitative estimate of drug-likeness (QED) is 0.864. The van der Waals surface area contributed by atoms with Crippen LogP contribution < -0.4 is 10.1 Å². The zero-order valence-corrected chi connectivity index (χ0v) is 11.4. The average Bonchev–Trinajstić information content (AvgIpc) is 2.25. The van der Waals surface area contributed by atoms with Crippen LogP contribution in [0.4, 0.5) is 10.5 Å². The number of nitrogens with zero attached hydrogens (tertiary/aromatic N) is 2. The summed E-state index contributed by atoms with van der Waals surface area (Å²) < 4.78 is 5.07. The molecule has 104 valence electrons. The van der Waals surface area contributed by atoms with E-state index in [1.807, 2.05) is 0 Å². The van der Waals surface area contributed by atoms with Gasteiger partial charge in [-0.2, -0.15) is 0 Å². The summed E-state index contributed by atoms with van der Waals surface area (Å²) in [5, 5.41) is 12.6. The minimum Gasteiger partial charge on any atom is -0.480 e. The molecule has 0 radical (unpaired) electrons. The number of carbonyl (C=O) groups is 1. The van der Waals surface area contributed by atoms with Crippen molar-refractivity contribution < 1.29 is 14.6 Å². The number of aromatic nitrogens is 1. The summed E-state index contributed by atoms with van der Waals surface area (Å²) in [5.41, 5.74) is -0.204. The van der Waals surface area contributed by atoms with Gasteiger partial charge < -0.3 is 20.1 Å². The largest absolute Gasteiger partial charge is 0.480 e. The van der Waals surface area contributed by atoms with Crippen molar-refractivity contribution in [2.75, 3.05) is 25.5 Å². The predicted octanol–water partition coefficient (Wildman–Crippen LogP) is 1.32. The van der Waals surface area contributed by atoms with Crippen LogP contribution in [0.2, 0.25) is 0 Å². The molecule has 0 unspecified atom stereocenters. The summed E-state index contributed by atoms with van der Waals surface area (Å²) in [6, 6.07) is 3.26. The number of anilines is 1. The molecule has 2 amide bonds. The zero-order valence-electron chi connectivity index (χ0n) is 11.4. The molecule has 2 heterocycles. The average molecular weight is 265 g/mol. The minimum absolute atomic E-state index is 0.119. The van der Waals surface area contributed by atoms with E-state index < -0.39 is 5.60 Å². The van der Waals surface area contributed by atoms with Crippen LogP contribution in [-0.2, 0) is 0 Å². The molecule has 2 N–H and O–H groups in total. The molecule has 6 nitrogen and oxygen atoms in total. The number of rotatable bonds is 3. The van der Waals surface area contributed by atoms with Gasteiger partial charge in [0.2, 0.25) is 5.88 Å². The Morgan fingerprint density at radius 2 is 2.26 bits per heavy atom. The fourth-order valence-corrected chi connectivity index (χ4v) is 1.93. The van der Waals surface area contributed by atoms with Crippen LogP contribution in [0.25, 0.3) is 0 Å². The smallest absolute Gasteiger partial charge is 0.322 e. The van der Waals surface area contributed by atoms with Crippen LogP contribution in [0, 0.1) is 5.92 Å². The third-order valence-corrected chi connectivity index (χ3v) is 3.37. The molecule has 0 aromatic carbocycles. The Labute approximate surface area is 112 Å². The van der Waals surface area contributed by atoms with E-state index in [4.69, 9.17) is 4.74 Å². The van der Waals surface area contributed by atoms with Crippen molar-refractivity contribution >= 4 is 11.7 Å². The SMILES string of the molecule is COc1ncccc1NC(=O)N1CC(C(C)(C)O)C1. The van der Waals surface area contributed by atoms with Gasteiger partial charge in [-0.3, -0.25) is 0 Å². The number of urea groups is 1. The molecular weight excluding hydrogens is 246 g/mol. The van der Waals surface area contributed by atoms with Crippen molar-refractivity contribution in [2.24, 2.45) is 5.92 Å². The second-order valence-corrected chi connectivity index (χ2v) is 5.25. The summed E-state index contributed by atoms with van der Waals surface area (Å²) in [6.45, 7) is 4.63. The molecule has 0 aliphatic carbocycles. The van der Waals surface area contributed by atoms with E-state index in [1.165, 1.54) is 7.11 Å². The highest BCUT2D eigenvalue weighted by atomic mass is 16.5. The molecule has 1 aliphatic heterocycles. The van der Waals surface area contributed by atoms with Crippen molar-refractivity contribution in [1.29, 1.82) is 0 Å². The van der Waals surface area contributed by atoms with E-state index in [9.17, 15) is 9.90 Å². The number of pyridine rings is 1. The maximum absolute atomic E-state index is 12.0. The summed E-state index contributed by atoms with van der Waals surface area (Å²) in [6.07, 6.45) is 1.60. The number of methoxy groups -OCH3 is 1. The molecule has 0 atom stereocenters. The summed E-state index contributed by atoms with van der Waals surface area (Å²) in [7, 11) is 1.51. The molecule has 1 fully saturated rings. The first-order chi connectivity index (χ1) is 8.91. The van der Waals surface area contributed by atoms with Gasteiger partial charge in [0.15, 0.2) is 0 Å². The molecule has 1 saturated heterocycles. The van der Waals surface area contributed by atoms with Gasteiger partial charge in [0.05, 0.1) is 12.7 Å². The lowest BCUT2D eigenvalue weighted by atomic mass is 9.85. The molecule has 6 heteroatoms. The van der Waals surface area contributed by atoms with Crippen LogP contribution in [0.15, 0.2) is 18.3 Å². The van der Waals surface area contributed by atoms with Gasteiger partial charge in [-0.05, 0) is 26.0 Å². The molecule has 2 rings (SSSR count). The Hall–Kier alpha value is -1.82. The molecule has 1 aromatic heterocycles. The van der Waals surface area contributed by atoms with E-state index in [2.05, 4.69) is 10.3 Å². The predicted molar refractivity (Wildman–Crippen MR) is 71.2 cm³/mol. The number of likely N-dealkylation sites (tertiary alicyclic amines) is 1. The first-order valence-electron chi connectivity index (χ1n) is 6.19. The van der Waals surface area contributed by atoms with E-state index in [-0.39, 0.29) is 11.9 Å². The van der Waals surface area contributed by atoms with Crippen LogP contribution in [0.1, 0.15) is 13.8 Å². The van der Waals surface area contributed by atoms with E-state index >= 15 is 0 Å². The highest BCUT2D eigenvalue weighted by Gasteiger charge is 2.39. The Morgan fingerprint density at radius 1 is 1.58 bits per heavy atom. The number of carbonyl (C=O) groups excluding carboxylic acids is 1. The summed E-state index contributed by atoms with van der Waals surface area (Å²) in [5.74, 6) is 0.504. The number of nitrogens with one attached hydrogen (secondary N) is 1. The molecular formula is C13H19N3O3. The van der Waals surface area contributed by atoms with Crippen LogP contribution >= 0.6 is 0 Å². The maximum Gasteiger partial charge on any atom is 0.322 e. The van der Waals surface area contributed by atoms with Crippen molar-refractivity contribution in [3.8, 4) is 5.88 Å². The lowest BCUT2D eigenvalue weighted by Gasteiger charge is -2.44. The van der Waals surface area contributed by atoms with Crippen LogP contribution in [0.3, 0.4) is 0 Å². The minimum atomic E-state index is -0.747. The summed E-state index contributed by atoms with van der Waals surface area (Å²) in [4.78, 5) is 17.6. The molecule has 0 bridgehead atoms. The van der Waals surface area contributed by atoms with Gasteiger partial charge in [-0.15, -0.1) is 0 Å². The summed E-state index contributed by atoms with van der Waals surface area (Å²) >= 11 is 0. The Morgan fingerprint density at radius 3 is 2.84 bits per heavy atom. The molecule has 1 aliphatic rings. The Kier molecular flexibility index (Phi) is 3.61. The van der Waals surface area contributed by atoms with E-state index in [0.717, 1.165) is 0 Å². The third-order valence-electron chi connectivity index (χ3n) is 3.37. The molecule has 0 spiro atoms. The Balaban J connectivity index is 1.93. The van der Waals surface area contributed by atoms with Crippen LogP contribution in [0.5, 0.6) is 5.88 Å². The van der Waals surface area contributed by atoms with Gasteiger partial charge in [-0.1, -0.05) is 0 Å². The van der Waals surface area contributed by atoms with E-state index in [0.29, 0.717) is 24.7 Å². The number of hydrogen-bond donors (Lipinski definition) is 2. The van der Waals surface area contributed by atoms with Crippen LogP contribution in [-0.4, -0.2) is 46.8 Å². The highest BCUT2D eigenvalue weighted by molar-refractivity contribution is 5.91. The second kappa shape index (κ2) is 5.05. The van der Waals surface area contributed by atoms with Crippen molar-refractivity contribution in [3.05, 3.63) is 18.3 Å². The monoisotopic (exact) mass is 265 g/mol. The Bertz CT molecular complexity index is 464. The number of hydrogen-bond acceptors (Lipinski definition) is 4. The van der Waals surface area contributed by atoms with E-state index in [1.54, 1.807) is 37.1 Å². The second-order valence-electron chi connectivity index (χ2n) is 5.25. The first-order valence-corrected chi connectivity index (χ1v) is 6.19. The first kappa shape index (κ1) is 13.6. The van der Waals surface area contributed by atoms with Gasteiger partial charge in [-0.25, -0.2) is 9.78 Å². The standard InChI is InChI=1S/C13H19N3O3/c1-13(2,18)9-7-16(8-9)12(17)15-10-5-4-6-14-11(10)19-3/h4-6,9,18H,7-8H2,1-3H3,(H,15,17). The normalized spacial score (nSPS) is 15.9. The van der Waals surface area contributed by atoms with Crippen molar-refractivity contribution in [1.82, 2.24) is 9.88 Å². The topological polar surface area (TPSA) is 74.7 Å². The van der Waals surface area contributed by atoms with Gasteiger partial charge in [0.1, 0.15) is 5.69 Å². The fraction of sp³-hybridized carbons (Fsp3) is 0.538. The molecule has 19 heavy (non-hydrogen) atoms. The van der Waals surface area contributed by atoms with Crippen molar-refractivity contribution in [2.45, 2.75) is 19.4 Å².